The number of ether oxygens (including phenoxy) is 2. The molecule has 2 aliphatic rings. The van der Waals surface area contributed by atoms with Gasteiger partial charge in [-0.1, -0.05) is 19.4 Å². The van der Waals surface area contributed by atoms with Crippen LogP contribution < -0.4 is 0 Å². The molecule has 0 aromatic rings. The Bertz CT molecular complexity index is 212. The van der Waals surface area contributed by atoms with Crippen molar-refractivity contribution >= 4 is 0 Å². The summed E-state index contributed by atoms with van der Waals surface area (Å²) in [4.78, 5) is 0. The summed E-state index contributed by atoms with van der Waals surface area (Å²) in [7, 11) is 0. The Balaban J connectivity index is 2.13. The zero-order chi connectivity index (χ0) is 10.1. The van der Waals surface area contributed by atoms with Gasteiger partial charge >= 0.3 is 0 Å². The molecular weight excluding hydrogens is 176 g/mol. The summed E-state index contributed by atoms with van der Waals surface area (Å²) >= 11 is 0. The zero-order valence-electron chi connectivity index (χ0n) is 9.05. The number of hydrogen-bond donors (Lipinski definition) is 0. The van der Waals surface area contributed by atoms with E-state index in [4.69, 9.17) is 9.47 Å². The van der Waals surface area contributed by atoms with E-state index >= 15 is 0 Å². The third kappa shape index (κ3) is 1.41. The molecule has 1 aliphatic carbocycles. The first kappa shape index (κ1) is 10.2. The van der Waals surface area contributed by atoms with Gasteiger partial charge in [0.1, 0.15) is 0 Å². The molecule has 2 heteroatoms. The Kier molecular flexibility index (Phi) is 2.67. The van der Waals surface area contributed by atoms with Crippen molar-refractivity contribution in [3.05, 3.63) is 12.7 Å². The quantitative estimate of drug-likeness (QED) is 0.629. The SMILES string of the molecule is C=CCC1(C2(CCC)OCCO2)CC1. The first-order chi connectivity index (χ1) is 6.79. The monoisotopic (exact) mass is 196 g/mol. The van der Waals surface area contributed by atoms with Crippen LogP contribution in [0.1, 0.15) is 39.0 Å². The maximum Gasteiger partial charge on any atom is 0.174 e. The van der Waals surface area contributed by atoms with E-state index < -0.39 is 0 Å². The van der Waals surface area contributed by atoms with Gasteiger partial charge in [-0.05, 0) is 19.3 Å². The predicted octanol–water partition coefficient (Wildman–Crippen LogP) is 2.89. The van der Waals surface area contributed by atoms with Crippen LogP contribution >= 0.6 is 0 Å². The molecule has 0 atom stereocenters. The number of hydrogen-bond acceptors (Lipinski definition) is 2. The fourth-order valence-corrected chi connectivity index (χ4v) is 2.67. The van der Waals surface area contributed by atoms with Gasteiger partial charge in [0.05, 0.1) is 13.2 Å². The van der Waals surface area contributed by atoms with Gasteiger partial charge in [-0.25, -0.2) is 0 Å². The predicted molar refractivity (Wildman–Crippen MR) is 56.0 cm³/mol. The molecule has 0 aromatic carbocycles. The average molecular weight is 196 g/mol. The maximum absolute atomic E-state index is 5.89. The Morgan fingerprint density at radius 3 is 2.36 bits per heavy atom. The van der Waals surface area contributed by atoms with Crippen LogP contribution in [0.25, 0.3) is 0 Å². The van der Waals surface area contributed by atoms with Crippen LogP contribution in [-0.2, 0) is 9.47 Å². The average Bonchev–Trinajstić information content (AvgIpc) is 2.80. The lowest BCUT2D eigenvalue weighted by Crippen LogP contribution is -2.40. The second-order valence-electron chi connectivity index (χ2n) is 4.47. The molecule has 2 rings (SSSR count). The molecular formula is C12H20O2. The molecule has 1 saturated heterocycles. The van der Waals surface area contributed by atoms with Crippen LogP contribution in [0, 0.1) is 5.41 Å². The standard InChI is InChI=1S/C12H20O2/c1-3-5-11(7-8-11)12(6-4-2)13-9-10-14-12/h3H,1,4-10H2,2H3. The molecule has 2 fully saturated rings. The summed E-state index contributed by atoms with van der Waals surface area (Å²) < 4.78 is 11.8. The highest BCUT2D eigenvalue weighted by Gasteiger charge is 2.61. The van der Waals surface area contributed by atoms with Crippen LogP contribution in [0.15, 0.2) is 12.7 Å². The lowest BCUT2D eigenvalue weighted by atomic mass is 9.88. The van der Waals surface area contributed by atoms with E-state index in [2.05, 4.69) is 13.5 Å². The van der Waals surface area contributed by atoms with Gasteiger partial charge in [-0.15, -0.1) is 6.58 Å². The molecule has 0 bridgehead atoms. The highest BCUT2D eigenvalue weighted by Crippen LogP contribution is 2.61. The largest absolute Gasteiger partial charge is 0.347 e. The minimum absolute atomic E-state index is 0.265. The van der Waals surface area contributed by atoms with Crippen molar-refractivity contribution in [1.29, 1.82) is 0 Å². The van der Waals surface area contributed by atoms with E-state index in [9.17, 15) is 0 Å². The molecule has 2 nitrogen and oxygen atoms in total. The summed E-state index contributed by atoms with van der Waals surface area (Å²) in [6.45, 7) is 7.55. The van der Waals surface area contributed by atoms with E-state index in [1.807, 2.05) is 6.08 Å². The van der Waals surface area contributed by atoms with Crippen molar-refractivity contribution in [3.63, 3.8) is 0 Å². The Morgan fingerprint density at radius 2 is 1.93 bits per heavy atom. The van der Waals surface area contributed by atoms with E-state index in [1.54, 1.807) is 0 Å². The van der Waals surface area contributed by atoms with Crippen molar-refractivity contribution in [2.24, 2.45) is 5.41 Å². The van der Waals surface area contributed by atoms with E-state index in [-0.39, 0.29) is 11.2 Å². The maximum atomic E-state index is 5.89. The van der Waals surface area contributed by atoms with Crippen molar-refractivity contribution in [1.82, 2.24) is 0 Å². The fraction of sp³-hybridized carbons (Fsp3) is 0.833. The summed E-state index contributed by atoms with van der Waals surface area (Å²) in [5, 5.41) is 0. The lowest BCUT2D eigenvalue weighted by molar-refractivity contribution is -0.210. The normalized spacial score (nSPS) is 27.5. The number of rotatable bonds is 5. The summed E-state index contributed by atoms with van der Waals surface area (Å²) in [5.74, 6) is -0.268. The van der Waals surface area contributed by atoms with Gasteiger partial charge in [0, 0.05) is 11.8 Å². The molecule has 1 saturated carbocycles. The van der Waals surface area contributed by atoms with Crippen LogP contribution in [0.4, 0.5) is 0 Å². The highest BCUT2D eigenvalue weighted by atomic mass is 16.7. The molecule has 1 heterocycles. The van der Waals surface area contributed by atoms with Crippen LogP contribution in [0.3, 0.4) is 0 Å². The van der Waals surface area contributed by atoms with Gasteiger partial charge in [-0.3, -0.25) is 0 Å². The Morgan fingerprint density at radius 1 is 1.29 bits per heavy atom. The van der Waals surface area contributed by atoms with E-state index in [1.165, 1.54) is 12.8 Å². The van der Waals surface area contributed by atoms with Gasteiger partial charge in [0.25, 0.3) is 0 Å². The third-order valence-corrected chi connectivity index (χ3v) is 3.53. The van der Waals surface area contributed by atoms with Gasteiger partial charge in [0.2, 0.25) is 0 Å². The van der Waals surface area contributed by atoms with E-state index in [0.717, 1.165) is 32.5 Å². The molecule has 1 aliphatic heterocycles. The Labute approximate surface area is 86.3 Å². The van der Waals surface area contributed by atoms with Gasteiger partial charge in [0.15, 0.2) is 5.79 Å². The molecule has 0 amide bonds. The fourth-order valence-electron chi connectivity index (χ4n) is 2.67. The van der Waals surface area contributed by atoms with Crippen molar-refractivity contribution in [2.75, 3.05) is 13.2 Å². The third-order valence-electron chi connectivity index (χ3n) is 3.53. The molecule has 14 heavy (non-hydrogen) atoms. The lowest BCUT2D eigenvalue weighted by Gasteiger charge is -2.35. The highest BCUT2D eigenvalue weighted by molar-refractivity contribution is 5.08. The van der Waals surface area contributed by atoms with Crippen LogP contribution in [0.5, 0.6) is 0 Å². The summed E-state index contributed by atoms with van der Waals surface area (Å²) in [6, 6.07) is 0. The molecule has 0 N–H and O–H groups in total. The second kappa shape index (κ2) is 3.67. The molecule has 80 valence electrons. The van der Waals surface area contributed by atoms with Crippen molar-refractivity contribution in [3.8, 4) is 0 Å². The minimum Gasteiger partial charge on any atom is -0.347 e. The first-order valence-corrected chi connectivity index (χ1v) is 5.67. The molecule has 0 aromatic heterocycles. The zero-order valence-corrected chi connectivity index (χ0v) is 9.05. The summed E-state index contributed by atoms with van der Waals surface area (Å²) in [6.07, 6.45) is 7.67. The summed E-state index contributed by atoms with van der Waals surface area (Å²) in [5.41, 5.74) is 0.265. The van der Waals surface area contributed by atoms with Crippen molar-refractivity contribution < 1.29 is 9.47 Å². The molecule has 0 unspecified atom stereocenters. The smallest absolute Gasteiger partial charge is 0.174 e. The van der Waals surface area contributed by atoms with Gasteiger partial charge < -0.3 is 9.47 Å². The van der Waals surface area contributed by atoms with E-state index in [0.29, 0.717) is 0 Å². The Hall–Kier alpha value is -0.340. The first-order valence-electron chi connectivity index (χ1n) is 5.67. The van der Waals surface area contributed by atoms with Crippen LogP contribution in [0.2, 0.25) is 0 Å². The van der Waals surface area contributed by atoms with Crippen LogP contribution in [-0.4, -0.2) is 19.0 Å². The molecule has 0 spiro atoms. The second-order valence-corrected chi connectivity index (χ2v) is 4.47. The number of allylic oxidation sites excluding steroid dienone is 1. The molecule has 0 radical (unpaired) electrons. The van der Waals surface area contributed by atoms with Crippen molar-refractivity contribution in [2.45, 2.75) is 44.8 Å². The minimum atomic E-state index is -0.268. The van der Waals surface area contributed by atoms with Gasteiger partial charge in [-0.2, -0.15) is 0 Å². The topological polar surface area (TPSA) is 18.5 Å².